The van der Waals surface area contributed by atoms with Gasteiger partial charge in [-0.15, -0.1) is 0 Å². The monoisotopic (exact) mass is 406 g/mol. The molecule has 0 aliphatic carbocycles. The lowest BCUT2D eigenvalue weighted by Gasteiger charge is -2.36. The van der Waals surface area contributed by atoms with E-state index in [1.54, 1.807) is 11.0 Å². The number of hydrogen-bond acceptors (Lipinski definition) is 5. The molecule has 5 amide bonds. The molecule has 0 unspecified atom stereocenters. The maximum atomic E-state index is 12.6. The summed E-state index contributed by atoms with van der Waals surface area (Å²) in [7, 11) is 0. The van der Waals surface area contributed by atoms with Gasteiger partial charge < -0.3 is 9.80 Å². The van der Waals surface area contributed by atoms with Crippen molar-refractivity contribution in [1.29, 1.82) is 0 Å². The highest BCUT2D eigenvalue weighted by Crippen LogP contribution is 2.21. The van der Waals surface area contributed by atoms with E-state index in [9.17, 15) is 19.2 Å². The fourth-order valence-corrected chi connectivity index (χ4v) is 3.51. The predicted octanol–water partition coefficient (Wildman–Crippen LogP) is 1.58. The molecule has 150 valence electrons. The van der Waals surface area contributed by atoms with Crippen molar-refractivity contribution in [3.05, 3.63) is 29.3 Å². The molecule has 28 heavy (non-hydrogen) atoms. The van der Waals surface area contributed by atoms with Crippen LogP contribution in [0.2, 0.25) is 5.02 Å². The second-order valence-electron chi connectivity index (χ2n) is 6.83. The third-order valence-corrected chi connectivity index (χ3v) is 5.20. The van der Waals surface area contributed by atoms with Gasteiger partial charge in [0.15, 0.2) is 0 Å². The van der Waals surface area contributed by atoms with Crippen LogP contribution in [0.25, 0.3) is 0 Å². The molecule has 0 N–H and O–H groups in total. The van der Waals surface area contributed by atoms with Gasteiger partial charge in [-0.25, -0.2) is 9.69 Å². The number of urea groups is 1. The van der Waals surface area contributed by atoms with E-state index in [4.69, 9.17) is 11.6 Å². The fourth-order valence-electron chi connectivity index (χ4n) is 3.33. The first kappa shape index (κ1) is 20.1. The molecular weight excluding hydrogens is 384 g/mol. The van der Waals surface area contributed by atoms with Crippen LogP contribution >= 0.6 is 11.6 Å². The van der Waals surface area contributed by atoms with E-state index in [0.29, 0.717) is 37.6 Å². The number of carbonyl (C=O) groups excluding carboxylic acids is 4. The molecule has 1 aromatic carbocycles. The van der Waals surface area contributed by atoms with Crippen LogP contribution in [-0.4, -0.2) is 77.7 Å². The van der Waals surface area contributed by atoms with Crippen LogP contribution in [0.5, 0.6) is 0 Å². The lowest BCUT2D eigenvalue weighted by Crippen LogP contribution is -2.52. The Balaban J connectivity index is 1.56. The van der Waals surface area contributed by atoms with Crippen LogP contribution in [0.3, 0.4) is 0 Å². The number of piperazine rings is 1. The van der Waals surface area contributed by atoms with E-state index in [2.05, 4.69) is 4.90 Å². The van der Waals surface area contributed by atoms with Crippen molar-refractivity contribution in [2.75, 3.05) is 44.2 Å². The Hall–Kier alpha value is -2.61. The van der Waals surface area contributed by atoms with Gasteiger partial charge in [0, 0.05) is 43.4 Å². The molecule has 2 aliphatic heterocycles. The van der Waals surface area contributed by atoms with E-state index in [1.807, 2.05) is 25.1 Å². The van der Waals surface area contributed by atoms with Crippen LogP contribution in [0.1, 0.15) is 19.8 Å². The third-order valence-electron chi connectivity index (χ3n) is 4.97. The van der Waals surface area contributed by atoms with Gasteiger partial charge in [0.25, 0.3) is 0 Å². The van der Waals surface area contributed by atoms with Gasteiger partial charge in [-0.1, -0.05) is 31.0 Å². The summed E-state index contributed by atoms with van der Waals surface area (Å²) in [6.45, 7) is 3.90. The smallest absolute Gasteiger partial charge is 0.334 e. The predicted molar refractivity (Wildman–Crippen MR) is 104 cm³/mol. The molecule has 2 fully saturated rings. The van der Waals surface area contributed by atoms with Crippen molar-refractivity contribution < 1.29 is 19.2 Å². The maximum Gasteiger partial charge on any atom is 0.334 e. The van der Waals surface area contributed by atoms with E-state index in [-0.39, 0.29) is 12.5 Å². The standard InChI is InChI=1S/C19H23ClN4O4/c1-2-3-7-23-17(26)18(27)24(19(23)28)13-16(25)22-10-8-21(9-11-22)15-6-4-5-14(20)12-15/h4-6,12H,2-3,7-11,13H2,1H3. The average Bonchev–Trinajstić information content (AvgIpc) is 2.89. The van der Waals surface area contributed by atoms with Gasteiger partial charge in [0.05, 0.1) is 0 Å². The van der Waals surface area contributed by atoms with Crippen LogP contribution in [0, 0.1) is 0 Å². The molecule has 2 saturated heterocycles. The first-order valence-corrected chi connectivity index (χ1v) is 9.75. The maximum absolute atomic E-state index is 12.6. The summed E-state index contributed by atoms with van der Waals surface area (Å²) >= 11 is 6.03. The molecule has 0 bridgehead atoms. The Morgan fingerprint density at radius 1 is 1.04 bits per heavy atom. The highest BCUT2D eigenvalue weighted by atomic mass is 35.5. The molecule has 0 atom stereocenters. The zero-order valence-corrected chi connectivity index (χ0v) is 16.5. The number of carbonyl (C=O) groups is 4. The lowest BCUT2D eigenvalue weighted by atomic mass is 10.2. The van der Waals surface area contributed by atoms with Gasteiger partial charge in [0.2, 0.25) is 5.91 Å². The minimum absolute atomic E-state index is 0.197. The first-order chi connectivity index (χ1) is 13.4. The molecule has 8 nitrogen and oxygen atoms in total. The number of hydrogen-bond donors (Lipinski definition) is 0. The number of imide groups is 2. The van der Waals surface area contributed by atoms with Crippen LogP contribution in [0.4, 0.5) is 10.5 Å². The van der Waals surface area contributed by atoms with Gasteiger partial charge in [-0.2, -0.15) is 0 Å². The number of amides is 5. The van der Waals surface area contributed by atoms with Crippen molar-refractivity contribution in [3.8, 4) is 0 Å². The molecule has 0 aromatic heterocycles. The minimum atomic E-state index is -0.924. The summed E-state index contributed by atoms with van der Waals surface area (Å²) in [6.07, 6.45) is 1.42. The van der Waals surface area contributed by atoms with Gasteiger partial charge >= 0.3 is 17.8 Å². The van der Waals surface area contributed by atoms with Gasteiger partial charge in [0.1, 0.15) is 6.54 Å². The zero-order valence-electron chi connectivity index (χ0n) is 15.8. The lowest BCUT2D eigenvalue weighted by molar-refractivity contribution is -0.145. The summed E-state index contributed by atoms with van der Waals surface area (Å²) < 4.78 is 0. The molecule has 2 heterocycles. The highest BCUT2D eigenvalue weighted by molar-refractivity contribution is 6.45. The molecular formula is C19H23ClN4O4. The Morgan fingerprint density at radius 2 is 1.71 bits per heavy atom. The number of rotatable bonds is 6. The quantitative estimate of drug-likeness (QED) is 0.529. The summed E-state index contributed by atoms with van der Waals surface area (Å²) in [5.74, 6) is -2.11. The van der Waals surface area contributed by atoms with E-state index < -0.39 is 24.4 Å². The largest absolute Gasteiger partial charge is 0.368 e. The second kappa shape index (κ2) is 8.60. The number of unbranched alkanes of at least 4 members (excludes halogenated alkanes) is 1. The van der Waals surface area contributed by atoms with E-state index >= 15 is 0 Å². The van der Waals surface area contributed by atoms with Crippen molar-refractivity contribution in [3.63, 3.8) is 0 Å². The summed E-state index contributed by atoms with van der Waals surface area (Å²) in [5, 5.41) is 0.652. The topological polar surface area (TPSA) is 81.2 Å². The SMILES string of the molecule is CCCCN1C(=O)C(=O)N(CC(=O)N2CCN(c3cccc(Cl)c3)CC2)C1=O. The Kier molecular flexibility index (Phi) is 6.18. The van der Waals surface area contributed by atoms with Crippen molar-refractivity contribution in [1.82, 2.24) is 14.7 Å². The van der Waals surface area contributed by atoms with E-state index in [1.165, 1.54) is 0 Å². The Bertz CT molecular complexity index is 792. The molecule has 1 aromatic rings. The number of halogens is 1. The normalized spacial score (nSPS) is 17.7. The second-order valence-corrected chi connectivity index (χ2v) is 7.27. The van der Waals surface area contributed by atoms with Gasteiger partial charge in [-0.3, -0.25) is 19.3 Å². The molecule has 9 heteroatoms. The summed E-state index contributed by atoms with van der Waals surface area (Å²) in [5.41, 5.74) is 0.988. The van der Waals surface area contributed by atoms with Crippen LogP contribution in [-0.2, 0) is 14.4 Å². The van der Waals surface area contributed by atoms with Crippen LogP contribution < -0.4 is 4.90 Å². The van der Waals surface area contributed by atoms with E-state index in [0.717, 1.165) is 21.9 Å². The minimum Gasteiger partial charge on any atom is -0.368 e. The highest BCUT2D eigenvalue weighted by Gasteiger charge is 2.45. The number of anilines is 1. The zero-order chi connectivity index (χ0) is 20.3. The summed E-state index contributed by atoms with van der Waals surface area (Å²) in [6, 6.07) is 6.81. The first-order valence-electron chi connectivity index (χ1n) is 9.38. The molecule has 0 radical (unpaired) electrons. The molecule has 0 saturated carbocycles. The number of nitrogens with zero attached hydrogens (tertiary/aromatic N) is 4. The van der Waals surface area contributed by atoms with Crippen molar-refractivity contribution >= 4 is 41.0 Å². The van der Waals surface area contributed by atoms with Gasteiger partial charge in [-0.05, 0) is 24.6 Å². The Labute approximate surface area is 168 Å². The third kappa shape index (κ3) is 4.11. The average molecular weight is 407 g/mol. The molecule has 0 spiro atoms. The molecule has 3 rings (SSSR count). The molecule has 2 aliphatic rings. The fraction of sp³-hybridized carbons (Fsp3) is 0.474. The number of benzene rings is 1. The Morgan fingerprint density at radius 3 is 2.36 bits per heavy atom. The van der Waals surface area contributed by atoms with Crippen LogP contribution in [0.15, 0.2) is 24.3 Å². The summed E-state index contributed by atoms with van der Waals surface area (Å²) in [4.78, 5) is 54.4. The van der Waals surface area contributed by atoms with Crippen molar-refractivity contribution in [2.45, 2.75) is 19.8 Å². The van der Waals surface area contributed by atoms with Crippen molar-refractivity contribution in [2.24, 2.45) is 0 Å².